The van der Waals surface area contributed by atoms with Gasteiger partial charge in [0.1, 0.15) is 6.10 Å². The Morgan fingerprint density at radius 2 is 1.82 bits per heavy atom. The molecule has 1 aromatic carbocycles. The Morgan fingerprint density at radius 3 is 2.39 bits per heavy atom. The number of halogens is 1. The second kappa shape index (κ2) is 16.9. The molecular formula is C24H43ClN2O6. The number of hydrogen-bond donors (Lipinski definition) is 3. The van der Waals surface area contributed by atoms with Crippen molar-refractivity contribution in [1.29, 1.82) is 0 Å². The quantitative estimate of drug-likeness (QED) is 0.305. The summed E-state index contributed by atoms with van der Waals surface area (Å²) in [6.45, 7) is 7.24. The van der Waals surface area contributed by atoms with Crippen LogP contribution in [0.5, 0.6) is 11.5 Å². The van der Waals surface area contributed by atoms with Crippen molar-refractivity contribution in [2.45, 2.75) is 58.3 Å². The summed E-state index contributed by atoms with van der Waals surface area (Å²) < 4.78 is 21.4. The maximum absolute atomic E-state index is 11.9. The number of carbonyl (C=O) groups excluding carboxylic acids is 1. The van der Waals surface area contributed by atoms with Gasteiger partial charge in [0.05, 0.1) is 19.8 Å². The zero-order valence-corrected chi connectivity index (χ0v) is 21.7. The molecule has 4 unspecified atom stereocenters. The van der Waals surface area contributed by atoms with E-state index in [1.807, 2.05) is 18.2 Å². The standard InChI is InChI=1S/C24H42N2O6.ClH/c1-16(2)19(14-20(25)21(27)15-26-24(28)17(3)30-5)12-18-8-9-22(31-6)23(13-18)32-11-7-10-29-4;/h8-9,13,16-17,19-21,27H,7,10-12,14-15,25H2,1-6H3,(H,26,28);1H. The first-order chi connectivity index (χ1) is 15.2. The number of nitrogens with two attached hydrogens (primary N) is 1. The molecule has 0 aliphatic carbocycles. The number of hydrogen-bond acceptors (Lipinski definition) is 7. The van der Waals surface area contributed by atoms with Gasteiger partial charge in [-0.25, -0.2) is 0 Å². The molecule has 0 heterocycles. The number of benzene rings is 1. The molecule has 0 fully saturated rings. The lowest BCUT2D eigenvalue weighted by molar-refractivity contribution is -0.130. The van der Waals surface area contributed by atoms with Crippen molar-refractivity contribution in [3.8, 4) is 11.5 Å². The predicted octanol–water partition coefficient (Wildman–Crippen LogP) is 2.58. The molecule has 0 aliphatic heterocycles. The van der Waals surface area contributed by atoms with Crippen LogP contribution in [0.4, 0.5) is 0 Å². The lowest BCUT2D eigenvalue weighted by Crippen LogP contribution is -2.46. The highest BCUT2D eigenvalue weighted by Gasteiger charge is 2.24. The first-order valence-electron chi connectivity index (χ1n) is 11.3. The van der Waals surface area contributed by atoms with Gasteiger partial charge in [0.25, 0.3) is 0 Å². The van der Waals surface area contributed by atoms with E-state index in [4.69, 9.17) is 24.7 Å². The average molecular weight is 491 g/mol. The van der Waals surface area contributed by atoms with Gasteiger partial charge in [-0.3, -0.25) is 4.79 Å². The first-order valence-corrected chi connectivity index (χ1v) is 11.3. The third-order valence-electron chi connectivity index (χ3n) is 5.70. The molecule has 4 N–H and O–H groups in total. The van der Waals surface area contributed by atoms with Gasteiger partial charge in [-0.1, -0.05) is 19.9 Å². The van der Waals surface area contributed by atoms with E-state index in [-0.39, 0.29) is 30.8 Å². The van der Waals surface area contributed by atoms with Gasteiger partial charge in [0.2, 0.25) is 5.91 Å². The number of aliphatic hydroxyl groups excluding tert-OH is 1. The maximum Gasteiger partial charge on any atom is 0.248 e. The number of amides is 1. The summed E-state index contributed by atoms with van der Waals surface area (Å²) in [6.07, 6.45) is 0.821. The first kappa shape index (κ1) is 31.4. The Balaban J connectivity index is 0.0000102. The van der Waals surface area contributed by atoms with Crippen LogP contribution >= 0.6 is 12.4 Å². The number of ether oxygens (including phenoxy) is 4. The molecule has 1 rings (SSSR count). The fraction of sp³-hybridized carbons (Fsp3) is 0.708. The smallest absolute Gasteiger partial charge is 0.248 e. The zero-order valence-electron chi connectivity index (χ0n) is 20.8. The number of rotatable bonds is 16. The third-order valence-corrected chi connectivity index (χ3v) is 5.70. The SMILES string of the molecule is COCCCOc1cc(CC(CC(N)C(O)CNC(=O)C(C)OC)C(C)C)ccc1OC.Cl. The molecule has 33 heavy (non-hydrogen) atoms. The topological polar surface area (TPSA) is 112 Å². The zero-order chi connectivity index (χ0) is 24.1. The largest absolute Gasteiger partial charge is 0.493 e. The summed E-state index contributed by atoms with van der Waals surface area (Å²) in [7, 11) is 4.76. The molecule has 0 spiro atoms. The predicted molar refractivity (Wildman–Crippen MR) is 132 cm³/mol. The van der Waals surface area contributed by atoms with Gasteiger partial charge in [0.15, 0.2) is 11.5 Å². The summed E-state index contributed by atoms with van der Waals surface area (Å²) in [4.78, 5) is 11.9. The highest BCUT2D eigenvalue weighted by molar-refractivity contribution is 5.85. The molecule has 8 nitrogen and oxygen atoms in total. The summed E-state index contributed by atoms with van der Waals surface area (Å²) in [5.74, 6) is 1.76. The van der Waals surface area contributed by atoms with Crippen molar-refractivity contribution < 1.29 is 28.8 Å². The Bertz CT molecular complexity index is 676. The van der Waals surface area contributed by atoms with Crippen LogP contribution in [0.3, 0.4) is 0 Å². The lowest BCUT2D eigenvalue weighted by Gasteiger charge is -2.27. The molecule has 0 aliphatic rings. The van der Waals surface area contributed by atoms with Crippen molar-refractivity contribution in [3.63, 3.8) is 0 Å². The van der Waals surface area contributed by atoms with E-state index in [9.17, 15) is 9.90 Å². The van der Waals surface area contributed by atoms with Crippen molar-refractivity contribution in [2.75, 3.05) is 41.1 Å². The minimum absolute atomic E-state index is 0. The normalized spacial score (nSPS) is 14.7. The summed E-state index contributed by atoms with van der Waals surface area (Å²) >= 11 is 0. The molecule has 0 saturated carbocycles. The fourth-order valence-corrected chi connectivity index (χ4v) is 3.35. The van der Waals surface area contributed by atoms with Gasteiger partial charge in [-0.2, -0.15) is 0 Å². The van der Waals surface area contributed by atoms with E-state index in [1.54, 1.807) is 21.1 Å². The summed E-state index contributed by atoms with van der Waals surface area (Å²) in [5.41, 5.74) is 7.41. The molecule has 1 aromatic rings. The van der Waals surface area contributed by atoms with Crippen LogP contribution in [0.2, 0.25) is 0 Å². The van der Waals surface area contributed by atoms with Crippen LogP contribution < -0.4 is 20.5 Å². The highest BCUT2D eigenvalue weighted by atomic mass is 35.5. The van der Waals surface area contributed by atoms with Crippen molar-refractivity contribution in [3.05, 3.63) is 23.8 Å². The van der Waals surface area contributed by atoms with Crippen LogP contribution in [0.1, 0.15) is 39.2 Å². The average Bonchev–Trinajstić information content (AvgIpc) is 2.78. The van der Waals surface area contributed by atoms with E-state index in [2.05, 4.69) is 19.2 Å². The van der Waals surface area contributed by atoms with Gasteiger partial charge in [-0.05, 0) is 49.3 Å². The third kappa shape index (κ3) is 11.4. The van der Waals surface area contributed by atoms with Crippen LogP contribution in [-0.2, 0) is 20.7 Å². The van der Waals surface area contributed by atoms with Crippen molar-refractivity contribution in [1.82, 2.24) is 5.32 Å². The van der Waals surface area contributed by atoms with Gasteiger partial charge in [0, 0.05) is 39.8 Å². The summed E-state index contributed by atoms with van der Waals surface area (Å²) in [5, 5.41) is 13.1. The molecule has 0 radical (unpaired) electrons. The van der Waals surface area contributed by atoms with Gasteiger partial charge in [-0.15, -0.1) is 12.4 Å². The molecule has 1 amide bonds. The Hall–Kier alpha value is -1.58. The monoisotopic (exact) mass is 490 g/mol. The number of nitrogens with one attached hydrogen (secondary N) is 1. The van der Waals surface area contributed by atoms with Crippen molar-refractivity contribution in [2.24, 2.45) is 17.6 Å². The highest BCUT2D eigenvalue weighted by Crippen LogP contribution is 2.31. The second-order valence-electron chi connectivity index (χ2n) is 8.48. The number of carbonyl (C=O) groups is 1. The van der Waals surface area contributed by atoms with E-state index in [0.29, 0.717) is 37.1 Å². The van der Waals surface area contributed by atoms with Gasteiger partial charge >= 0.3 is 0 Å². The maximum atomic E-state index is 11.9. The van der Waals surface area contributed by atoms with Crippen molar-refractivity contribution >= 4 is 18.3 Å². The fourth-order valence-electron chi connectivity index (χ4n) is 3.35. The molecule has 0 saturated heterocycles. The van der Waals surface area contributed by atoms with Gasteiger partial charge < -0.3 is 35.1 Å². The molecule has 4 atom stereocenters. The number of aliphatic hydroxyl groups is 1. The summed E-state index contributed by atoms with van der Waals surface area (Å²) in [6, 6.07) is 5.50. The number of methoxy groups -OCH3 is 3. The molecule has 9 heteroatoms. The molecular weight excluding hydrogens is 448 g/mol. The Morgan fingerprint density at radius 1 is 1.12 bits per heavy atom. The molecule has 0 aromatic heterocycles. The molecule has 192 valence electrons. The van der Waals surface area contributed by atoms with E-state index < -0.39 is 18.2 Å². The van der Waals surface area contributed by atoms with E-state index in [0.717, 1.165) is 18.4 Å². The van der Waals surface area contributed by atoms with Crippen LogP contribution in [0.15, 0.2) is 18.2 Å². The van der Waals surface area contributed by atoms with Crippen LogP contribution in [0.25, 0.3) is 0 Å². The minimum atomic E-state index is -0.834. The lowest BCUT2D eigenvalue weighted by atomic mass is 9.83. The minimum Gasteiger partial charge on any atom is -0.493 e. The van der Waals surface area contributed by atoms with Crippen LogP contribution in [-0.4, -0.2) is 70.4 Å². The van der Waals surface area contributed by atoms with E-state index >= 15 is 0 Å². The van der Waals surface area contributed by atoms with Crippen LogP contribution in [0, 0.1) is 11.8 Å². The van der Waals surface area contributed by atoms with E-state index in [1.165, 1.54) is 7.11 Å². The Labute approximate surface area is 204 Å². The Kier molecular flexibility index (Phi) is 16.1. The second-order valence-corrected chi connectivity index (χ2v) is 8.48. The molecule has 0 bridgehead atoms.